The summed E-state index contributed by atoms with van der Waals surface area (Å²) in [4.78, 5) is 3.61. The fourth-order valence-corrected chi connectivity index (χ4v) is 3.63. The van der Waals surface area contributed by atoms with Crippen molar-refractivity contribution in [3.05, 3.63) is 50.6 Å². The number of thiophene rings is 1. The van der Waals surface area contributed by atoms with Crippen LogP contribution in [-0.2, 0) is 6.54 Å². The van der Waals surface area contributed by atoms with E-state index in [2.05, 4.69) is 70.5 Å². The molecule has 0 spiro atoms. The Labute approximate surface area is 127 Å². The largest absolute Gasteiger partial charge is 0.369 e. The van der Waals surface area contributed by atoms with Gasteiger partial charge < -0.3 is 10.6 Å². The molecule has 0 saturated heterocycles. The van der Waals surface area contributed by atoms with Gasteiger partial charge in [-0.2, -0.15) is 0 Å². The lowest BCUT2D eigenvalue weighted by Gasteiger charge is -2.24. The fourth-order valence-electron chi connectivity index (χ4n) is 2.12. The van der Waals surface area contributed by atoms with E-state index in [1.54, 1.807) is 11.3 Å². The van der Waals surface area contributed by atoms with Crippen molar-refractivity contribution in [3.63, 3.8) is 0 Å². The first-order valence-corrected chi connectivity index (χ1v) is 8.07. The Morgan fingerprint density at radius 1 is 1.37 bits per heavy atom. The van der Waals surface area contributed by atoms with Crippen molar-refractivity contribution < 1.29 is 0 Å². The number of para-hydroxylation sites is 1. The quantitative estimate of drug-likeness (QED) is 0.865. The summed E-state index contributed by atoms with van der Waals surface area (Å²) in [6.07, 6.45) is 0.954. The molecule has 4 heteroatoms. The molecule has 0 bridgehead atoms. The van der Waals surface area contributed by atoms with Gasteiger partial charge in [-0.05, 0) is 40.0 Å². The van der Waals surface area contributed by atoms with Crippen molar-refractivity contribution >= 4 is 33.0 Å². The van der Waals surface area contributed by atoms with Crippen LogP contribution in [0.2, 0.25) is 0 Å². The lowest BCUT2D eigenvalue weighted by molar-refractivity contribution is 0.694. The van der Waals surface area contributed by atoms with Crippen molar-refractivity contribution in [2.24, 2.45) is 5.73 Å². The van der Waals surface area contributed by atoms with Gasteiger partial charge >= 0.3 is 0 Å². The zero-order valence-corrected chi connectivity index (χ0v) is 13.7. The van der Waals surface area contributed by atoms with E-state index in [-0.39, 0.29) is 6.04 Å². The standard InChI is InChI=1S/C15H19BrN2S/c1-3-14(17)13-6-4-5-7-15(13)18(2)9-12-8-11(16)10-19-12/h4-8,10,14H,3,9,17H2,1-2H3. The van der Waals surface area contributed by atoms with Crippen molar-refractivity contribution in [1.29, 1.82) is 0 Å². The van der Waals surface area contributed by atoms with Crippen LogP contribution in [0, 0.1) is 0 Å². The Hall–Kier alpha value is -0.840. The maximum Gasteiger partial charge on any atom is 0.0520 e. The molecule has 102 valence electrons. The number of halogens is 1. The summed E-state index contributed by atoms with van der Waals surface area (Å²) in [5.41, 5.74) is 8.65. The van der Waals surface area contributed by atoms with E-state index < -0.39 is 0 Å². The first-order chi connectivity index (χ1) is 9.11. The van der Waals surface area contributed by atoms with Crippen LogP contribution >= 0.6 is 27.3 Å². The van der Waals surface area contributed by atoms with Gasteiger partial charge in [0.1, 0.15) is 0 Å². The second-order valence-electron chi connectivity index (χ2n) is 4.66. The Balaban J connectivity index is 2.21. The highest BCUT2D eigenvalue weighted by molar-refractivity contribution is 9.10. The summed E-state index contributed by atoms with van der Waals surface area (Å²) < 4.78 is 1.15. The summed E-state index contributed by atoms with van der Waals surface area (Å²) >= 11 is 5.27. The first kappa shape index (κ1) is 14.6. The molecule has 0 fully saturated rings. The van der Waals surface area contributed by atoms with Crippen molar-refractivity contribution in [1.82, 2.24) is 0 Å². The van der Waals surface area contributed by atoms with Crippen LogP contribution in [0.15, 0.2) is 40.2 Å². The SMILES string of the molecule is CCC(N)c1ccccc1N(C)Cc1cc(Br)cs1. The van der Waals surface area contributed by atoms with E-state index in [0.29, 0.717) is 0 Å². The van der Waals surface area contributed by atoms with Gasteiger partial charge in [-0.25, -0.2) is 0 Å². The van der Waals surface area contributed by atoms with Gasteiger partial charge in [-0.15, -0.1) is 11.3 Å². The average Bonchev–Trinajstić information content (AvgIpc) is 2.83. The first-order valence-electron chi connectivity index (χ1n) is 6.40. The molecule has 1 heterocycles. The highest BCUT2D eigenvalue weighted by Gasteiger charge is 2.12. The molecule has 19 heavy (non-hydrogen) atoms. The van der Waals surface area contributed by atoms with E-state index in [0.717, 1.165) is 17.4 Å². The molecule has 0 saturated carbocycles. The Morgan fingerprint density at radius 3 is 2.74 bits per heavy atom. The lowest BCUT2D eigenvalue weighted by Crippen LogP contribution is -2.20. The molecule has 2 nitrogen and oxygen atoms in total. The van der Waals surface area contributed by atoms with Gasteiger partial charge in [-0.3, -0.25) is 0 Å². The monoisotopic (exact) mass is 338 g/mol. The number of nitrogens with zero attached hydrogens (tertiary/aromatic N) is 1. The van der Waals surface area contributed by atoms with Gasteiger partial charge in [-0.1, -0.05) is 25.1 Å². The lowest BCUT2D eigenvalue weighted by atomic mass is 10.0. The van der Waals surface area contributed by atoms with Crippen molar-refractivity contribution in [3.8, 4) is 0 Å². The number of nitrogens with two attached hydrogens (primary N) is 1. The molecule has 1 atom stereocenters. The zero-order valence-electron chi connectivity index (χ0n) is 11.3. The van der Waals surface area contributed by atoms with Crippen molar-refractivity contribution in [2.75, 3.05) is 11.9 Å². The highest BCUT2D eigenvalue weighted by Crippen LogP contribution is 2.28. The Kier molecular flexibility index (Phi) is 5.02. The van der Waals surface area contributed by atoms with E-state index in [1.165, 1.54) is 16.1 Å². The summed E-state index contributed by atoms with van der Waals surface area (Å²) in [7, 11) is 2.12. The molecule has 1 unspecified atom stereocenters. The van der Waals surface area contributed by atoms with E-state index in [4.69, 9.17) is 5.73 Å². The molecule has 1 aromatic heterocycles. The van der Waals surface area contributed by atoms with Crippen LogP contribution in [0.25, 0.3) is 0 Å². The van der Waals surface area contributed by atoms with Crippen LogP contribution < -0.4 is 10.6 Å². The van der Waals surface area contributed by atoms with Crippen LogP contribution in [0.4, 0.5) is 5.69 Å². The molecule has 0 aliphatic heterocycles. The Bertz CT molecular complexity index is 538. The second-order valence-corrected chi connectivity index (χ2v) is 6.57. The molecule has 2 aromatic rings. The summed E-state index contributed by atoms with van der Waals surface area (Å²) in [6.45, 7) is 3.03. The Morgan fingerprint density at radius 2 is 2.11 bits per heavy atom. The number of hydrogen-bond donors (Lipinski definition) is 1. The van der Waals surface area contributed by atoms with Crippen LogP contribution in [-0.4, -0.2) is 7.05 Å². The predicted octanol–water partition coefficient (Wildman–Crippen LogP) is 4.56. The third kappa shape index (κ3) is 3.59. The normalized spacial score (nSPS) is 12.4. The molecular weight excluding hydrogens is 320 g/mol. The minimum absolute atomic E-state index is 0.105. The number of hydrogen-bond acceptors (Lipinski definition) is 3. The average molecular weight is 339 g/mol. The molecule has 0 aliphatic rings. The minimum Gasteiger partial charge on any atom is -0.369 e. The number of rotatable bonds is 5. The van der Waals surface area contributed by atoms with Crippen LogP contribution in [0.5, 0.6) is 0 Å². The smallest absolute Gasteiger partial charge is 0.0520 e. The molecule has 2 N–H and O–H groups in total. The summed E-state index contributed by atoms with van der Waals surface area (Å²) in [5, 5.41) is 2.12. The zero-order chi connectivity index (χ0) is 13.8. The second kappa shape index (κ2) is 6.55. The van der Waals surface area contributed by atoms with Crippen LogP contribution in [0.1, 0.15) is 29.8 Å². The summed E-state index contributed by atoms with van der Waals surface area (Å²) in [6, 6.07) is 10.7. The van der Waals surface area contributed by atoms with Gasteiger partial charge in [0.2, 0.25) is 0 Å². The van der Waals surface area contributed by atoms with Crippen LogP contribution in [0.3, 0.4) is 0 Å². The topological polar surface area (TPSA) is 29.3 Å². The third-order valence-corrected chi connectivity index (χ3v) is 4.88. The molecule has 2 rings (SSSR count). The summed E-state index contributed by atoms with van der Waals surface area (Å²) in [5.74, 6) is 0. The molecule has 1 aromatic carbocycles. The number of anilines is 1. The maximum atomic E-state index is 6.20. The minimum atomic E-state index is 0.105. The number of benzene rings is 1. The molecular formula is C15H19BrN2S. The third-order valence-electron chi connectivity index (χ3n) is 3.20. The van der Waals surface area contributed by atoms with Gasteiger partial charge in [0.25, 0.3) is 0 Å². The highest BCUT2D eigenvalue weighted by atomic mass is 79.9. The fraction of sp³-hybridized carbons (Fsp3) is 0.333. The predicted molar refractivity (Wildman–Crippen MR) is 87.8 cm³/mol. The van der Waals surface area contributed by atoms with Gasteiger partial charge in [0.05, 0.1) is 6.54 Å². The van der Waals surface area contributed by atoms with Gasteiger partial charge in [0.15, 0.2) is 0 Å². The van der Waals surface area contributed by atoms with E-state index in [9.17, 15) is 0 Å². The maximum absolute atomic E-state index is 6.20. The molecule has 0 amide bonds. The van der Waals surface area contributed by atoms with E-state index in [1.807, 2.05) is 0 Å². The van der Waals surface area contributed by atoms with Gasteiger partial charge in [0, 0.05) is 33.5 Å². The van der Waals surface area contributed by atoms with E-state index >= 15 is 0 Å². The molecule has 0 radical (unpaired) electrons. The molecule has 0 aliphatic carbocycles. The van der Waals surface area contributed by atoms with Crippen molar-refractivity contribution in [2.45, 2.75) is 25.9 Å².